The third-order valence-corrected chi connectivity index (χ3v) is 4.83. The summed E-state index contributed by atoms with van der Waals surface area (Å²) in [5.74, 6) is -1.35. The molecule has 1 heterocycles. The van der Waals surface area contributed by atoms with Crippen LogP contribution in [0.25, 0.3) is 0 Å². The molecule has 1 amide bonds. The molecule has 7 heteroatoms. The monoisotopic (exact) mass is 368 g/mol. The topological polar surface area (TPSA) is 101 Å². The highest BCUT2D eigenvalue weighted by atomic mass is 16.6. The maximum Gasteiger partial charge on any atom is 0.326 e. The minimum Gasteiger partial charge on any atom is -0.480 e. The Hall–Kier alpha value is -3.22. The van der Waals surface area contributed by atoms with Crippen molar-refractivity contribution in [3.8, 4) is 0 Å². The number of fused-ring (bicyclic) bond motifs is 1. The Morgan fingerprint density at radius 3 is 2.56 bits per heavy atom. The molecule has 0 spiro atoms. The second kappa shape index (κ2) is 7.57. The van der Waals surface area contributed by atoms with Crippen molar-refractivity contribution in [1.82, 2.24) is 0 Å². The summed E-state index contributed by atoms with van der Waals surface area (Å²) in [4.78, 5) is 36.2. The second-order valence-corrected chi connectivity index (χ2v) is 6.71. The van der Waals surface area contributed by atoms with E-state index in [1.165, 1.54) is 23.1 Å². The third kappa shape index (κ3) is 3.97. The molecule has 1 aliphatic heterocycles. The van der Waals surface area contributed by atoms with Crippen molar-refractivity contribution in [3.05, 3.63) is 69.3 Å². The first-order valence-electron chi connectivity index (χ1n) is 8.74. The van der Waals surface area contributed by atoms with Gasteiger partial charge in [-0.05, 0) is 43.4 Å². The van der Waals surface area contributed by atoms with Gasteiger partial charge < -0.3 is 5.11 Å². The lowest BCUT2D eigenvalue weighted by Gasteiger charge is -2.34. The van der Waals surface area contributed by atoms with E-state index < -0.39 is 16.9 Å². The number of hydrogen-bond acceptors (Lipinski definition) is 4. The van der Waals surface area contributed by atoms with E-state index in [0.717, 1.165) is 11.1 Å². The van der Waals surface area contributed by atoms with Crippen LogP contribution >= 0.6 is 0 Å². The molecule has 0 bridgehead atoms. The molecule has 3 rings (SSSR count). The van der Waals surface area contributed by atoms with E-state index in [0.29, 0.717) is 24.1 Å². The zero-order chi connectivity index (χ0) is 19.6. The molecule has 0 aromatic heterocycles. The number of benzene rings is 2. The van der Waals surface area contributed by atoms with Gasteiger partial charge in [0.2, 0.25) is 5.91 Å². The molecule has 0 aliphatic carbocycles. The third-order valence-electron chi connectivity index (χ3n) is 4.83. The van der Waals surface area contributed by atoms with Crippen LogP contribution in [0.2, 0.25) is 0 Å². The van der Waals surface area contributed by atoms with Gasteiger partial charge in [0.25, 0.3) is 5.69 Å². The highest BCUT2D eigenvalue weighted by Gasteiger charge is 2.35. The number of aliphatic carboxylic acids is 1. The van der Waals surface area contributed by atoms with Crippen molar-refractivity contribution in [2.24, 2.45) is 0 Å². The number of nitro groups is 1. The predicted molar refractivity (Wildman–Crippen MR) is 99.8 cm³/mol. The van der Waals surface area contributed by atoms with Gasteiger partial charge >= 0.3 is 5.97 Å². The van der Waals surface area contributed by atoms with Gasteiger partial charge in [-0.25, -0.2) is 4.79 Å². The Balaban J connectivity index is 1.88. The van der Waals surface area contributed by atoms with Crippen LogP contribution in [0.15, 0.2) is 42.5 Å². The number of nitro benzene ring substituents is 1. The Bertz CT molecular complexity index is 892. The van der Waals surface area contributed by atoms with Gasteiger partial charge in [0.05, 0.1) is 4.92 Å². The van der Waals surface area contributed by atoms with Crippen LogP contribution in [0.3, 0.4) is 0 Å². The lowest BCUT2D eigenvalue weighted by molar-refractivity contribution is -0.384. The van der Waals surface area contributed by atoms with E-state index in [2.05, 4.69) is 0 Å². The summed E-state index contributed by atoms with van der Waals surface area (Å²) in [5, 5.41) is 20.7. The molecule has 0 saturated carbocycles. The first kappa shape index (κ1) is 18.6. The van der Waals surface area contributed by atoms with Gasteiger partial charge in [0.15, 0.2) is 0 Å². The normalized spacial score (nSPS) is 14.6. The zero-order valence-corrected chi connectivity index (χ0v) is 14.9. The minimum absolute atomic E-state index is 0.0606. The molecule has 7 nitrogen and oxygen atoms in total. The SMILES string of the molecule is Cc1ccc(CCC(C(=O)O)N2C(=O)CCc3cc([N+](=O)[O-])ccc32)cc1. The fourth-order valence-corrected chi connectivity index (χ4v) is 3.38. The maximum atomic E-state index is 12.5. The van der Waals surface area contributed by atoms with Crippen molar-refractivity contribution < 1.29 is 19.6 Å². The van der Waals surface area contributed by atoms with Crippen molar-refractivity contribution in [2.75, 3.05) is 4.90 Å². The molecule has 27 heavy (non-hydrogen) atoms. The summed E-state index contributed by atoms with van der Waals surface area (Å²) in [6.45, 7) is 1.98. The van der Waals surface area contributed by atoms with Crippen LogP contribution < -0.4 is 4.90 Å². The second-order valence-electron chi connectivity index (χ2n) is 6.71. The number of carboxylic acid groups (broad SMARTS) is 1. The van der Waals surface area contributed by atoms with E-state index in [4.69, 9.17) is 0 Å². The quantitative estimate of drug-likeness (QED) is 0.623. The number of carbonyl (C=O) groups is 2. The van der Waals surface area contributed by atoms with Gasteiger partial charge in [-0.2, -0.15) is 0 Å². The lowest BCUT2D eigenvalue weighted by atomic mass is 9.96. The van der Waals surface area contributed by atoms with Gasteiger partial charge in [0.1, 0.15) is 6.04 Å². The molecule has 1 aliphatic rings. The Morgan fingerprint density at radius 1 is 1.22 bits per heavy atom. The van der Waals surface area contributed by atoms with Crippen LogP contribution in [-0.2, 0) is 22.4 Å². The van der Waals surface area contributed by atoms with Gasteiger partial charge in [-0.1, -0.05) is 29.8 Å². The van der Waals surface area contributed by atoms with Gasteiger partial charge in [-0.15, -0.1) is 0 Å². The minimum atomic E-state index is -1.08. The summed E-state index contributed by atoms with van der Waals surface area (Å²) >= 11 is 0. The van der Waals surface area contributed by atoms with E-state index in [1.54, 1.807) is 0 Å². The average molecular weight is 368 g/mol. The first-order valence-corrected chi connectivity index (χ1v) is 8.74. The van der Waals surface area contributed by atoms with E-state index in [1.807, 2.05) is 31.2 Å². The standard InChI is InChI=1S/C20H20N2O5/c1-13-2-4-14(5-3-13)6-9-18(20(24)25)21-17-10-8-16(22(26)27)12-15(17)7-11-19(21)23/h2-5,8,10,12,18H,6-7,9,11H2,1H3,(H,24,25). The molecule has 1 atom stereocenters. The fraction of sp³-hybridized carbons (Fsp3) is 0.300. The van der Waals surface area contributed by atoms with Crippen LogP contribution in [-0.4, -0.2) is 27.9 Å². The fourth-order valence-electron chi connectivity index (χ4n) is 3.38. The van der Waals surface area contributed by atoms with Crippen LogP contribution in [0.1, 0.15) is 29.5 Å². The number of hydrogen-bond donors (Lipinski definition) is 1. The molecule has 0 saturated heterocycles. The summed E-state index contributed by atoms with van der Waals surface area (Å²) in [7, 11) is 0. The number of carboxylic acids is 1. The van der Waals surface area contributed by atoms with Crippen molar-refractivity contribution in [3.63, 3.8) is 0 Å². The lowest BCUT2D eigenvalue weighted by Crippen LogP contribution is -2.47. The number of amides is 1. The molecule has 140 valence electrons. The molecule has 2 aromatic carbocycles. The van der Waals surface area contributed by atoms with Crippen LogP contribution in [0.4, 0.5) is 11.4 Å². The molecule has 2 aromatic rings. The molecule has 1 unspecified atom stereocenters. The maximum absolute atomic E-state index is 12.5. The summed E-state index contributed by atoms with van der Waals surface area (Å²) in [6.07, 6.45) is 1.29. The summed E-state index contributed by atoms with van der Waals surface area (Å²) in [5.41, 5.74) is 3.14. The zero-order valence-electron chi connectivity index (χ0n) is 14.9. The Labute approximate surface area is 156 Å². The predicted octanol–water partition coefficient (Wildman–Crippen LogP) is 3.27. The molecule has 1 N–H and O–H groups in total. The highest BCUT2D eigenvalue weighted by molar-refractivity contribution is 6.01. The Kier molecular flexibility index (Phi) is 5.21. The number of carbonyl (C=O) groups excluding carboxylic acids is 1. The molecular formula is C20H20N2O5. The number of anilines is 1. The van der Waals surface area contributed by atoms with Gasteiger partial charge in [-0.3, -0.25) is 19.8 Å². The highest BCUT2D eigenvalue weighted by Crippen LogP contribution is 2.33. The van der Waals surface area contributed by atoms with Crippen molar-refractivity contribution >= 4 is 23.3 Å². The first-order chi connectivity index (χ1) is 12.9. The number of rotatable bonds is 6. The average Bonchev–Trinajstić information content (AvgIpc) is 2.64. The summed E-state index contributed by atoms with van der Waals surface area (Å²) in [6, 6.07) is 11.0. The van der Waals surface area contributed by atoms with Crippen molar-refractivity contribution in [1.29, 1.82) is 0 Å². The van der Waals surface area contributed by atoms with Gasteiger partial charge in [0, 0.05) is 24.2 Å². The smallest absolute Gasteiger partial charge is 0.326 e. The van der Waals surface area contributed by atoms with Crippen LogP contribution in [0.5, 0.6) is 0 Å². The van der Waals surface area contributed by atoms with Crippen molar-refractivity contribution in [2.45, 2.75) is 38.6 Å². The van der Waals surface area contributed by atoms with Crippen LogP contribution in [0, 0.1) is 17.0 Å². The number of nitrogens with zero attached hydrogens (tertiary/aromatic N) is 2. The summed E-state index contributed by atoms with van der Waals surface area (Å²) < 4.78 is 0. The van der Waals surface area contributed by atoms with E-state index >= 15 is 0 Å². The van der Waals surface area contributed by atoms with E-state index in [-0.39, 0.29) is 24.4 Å². The molecular weight excluding hydrogens is 348 g/mol. The number of aryl methyl sites for hydroxylation is 3. The largest absolute Gasteiger partial charge is 0.480 e. The van der Waals surface area contributed by atoms with E-state index in [9.17, 15) is 24.8 Å². The molecule has 0 fully saturated rings. The molecule has 0 radical (unpaired) electrons. The Morgan fingerprint density at radius 2 is 1.93 bits per heavy atom. The number of non-ortho nitro benzene ring substituents is 1.